The predicted molar refractivity (Wildman–Crippen MR) is 73.1 cm³/mol. The summed E-state index contributed by atoms with van der Waals surface area (Å²) in [6, 6.07) is 6.90. The number of nitro groups is 1. The van der Waals surface area contributed by atoms with E-state index in [0.717, 1.165) is 38.0 Å². The van der Waals surface area contributed by atoms with Crippen LogP contribution in [0.25, 0.3) is 0 Å². The number of hydrogen-bond donors (Lipinski definition) is 1. The molecule has 1 N–H and O–H groups in total. The molecule has 0 spiro atoms. The minimum absolute atomic E-state index is 0.112. The van der Waals surface area contributed by atoms with Crippen LogP contribution in [0.5, 0.6) is 0 Å². The molecule has 2 unspecified atom stereocenters. The lowest BCUT2D eigenvalue weighted by molar-refractivity contribution is -0.384. The van der Waals surface area contributed by atoms with E-state index in [1.54, 1.807) is 12.1 Å². The molecule has 1 heterocycles. The summed E-state index contributed by atoms with van der Waals surface area (Å²) in [6.45, 7) is 3.77. The Bertz CT molecular complexity index is 430. The van der Waals surface area contributed by atoms with Crippen molar-refractivity contribution in [2.24, 2.45) is 0 Å². The Labute approximate surface area is 113 Å². The average molecular weight is 264 g/mol. The SMILES string of the molecule is CC(NCCC1CCCO1)c1cccc([N+](=O)[O-])c1. The lowest BCUT2D eigenvalue weighted by atomic mass is 10.1. The normalized spacial score (nSPS) is 20.4. The van der Waals surface area contributed by atoms with Crippen LogP contribution < -0.4 is 5.32 Å². The van der Waals surface area contributed by atoms with Crippen molar-refractivity contribution < 1.29 is 9.66 Å². The van der Waals surface area contributed by atoms with Crippen LogP contribution in [0, 0.1) is 10.1 Å². The summed E-state index contributed by atoms with van der Waals surface area (Å²) < 4.78 is 5.56. The number of ether oxygens (including phenoxy) is 1. The van der Waals surface area contributed by atoms with Crippen LogP contribution in [0.15, 0.2) is 24.3 Å². The molecule has 0 saturated carbocycles. The Morgan fingerprint density at radius 2 is 2.42 bits per heavy atom. The van der Waals surface area contributed by atoms with Gasteiger partial charge in [-0.2, -0.15) is 0 Å². The van der Waals surface area contributed by atoms with Gasteiger partial charge in [0.15, 0.2) is 0 Å². The Morgan fingerprint density at radius 1 is 1.58 bits per heavy atom. The molecular formula is C14H20N2O3. The Kier molecular flexibility index (Phi) is 4.87. The van der Waals surface area contributed by atoms with Crippen molar-refractivity contribution in [2.75, 3.05) is 13.2 Å². The molecule has 5 heteroatoms. The minimum atomic E-state index is -0.359. The largest absolute Gasteiger partial charge is 0.378 e. The lowest BCUT2D eigenvalue weighted by Crippen LogP contribution is -2.23. The van der Waals surface area contributed by atoms with Gasteiger partial charge in [-0.05, 0) is 38.3 Å². The van der Waals surface area contributed by atoms with E-state index in [0.29, 0.717) is 6.10 Å². The van der Waals surface area contributed by atoms with E-state index in [9.17, 15) is 10.1 Å². The van der Waals surface area contributed by atoms with Gasteiger partial charge in [0.05, 0.1) is 11.0 Å². The molecule has 0 aromatic heterocycles. The molecule has 1 aliphatic rings. The summed E-state index contributed by atoms with van der Waals surface area (Å²) in [7, 11) is 0. The second-order valence-corrected chi connectivity index (χ2v) is 4.95. The summed E-state index contributed by atoms with van der Waals surface area (Å²) in [5.41, 5.74) is 1.09. The van der Waals surface area contributed by atoms with Gasteiger partial charge in [0.1, 0.15) is 0 Å². The molecule has 104 valence electrons. The third-order valence-corrected chi connectivity index (χ3v) is 3.52. The minimum Gasteiger partial charge on any atom is -0.378 e. The lowest BCUT2D eigenvalue weighted by Gasteiger charge is -2.16. The first-order valence-electron chi connectivity index (χ1n) is 6.76. The molecule has 2 rings (SSSR count). The van der Waals surface area contributed by atoms with E-state index in [1.165, 1.54) is 6.07 Å². The molecular weight excluding hydrogens is 244 g/mol. The summed E-state index contributed by atoms with van der Waals surface area (Å²) >= 11 is 0. The number of nitro benzene ring substituents is 1. The highest BCUT2D eigenvalue weighted by atomic mass is 16.6. The number of rotatable bonds is 6. The molecule has 2 atom stereocenters. The Balaban J connectivity index is 1.83. The maximum absolute atomic E-state index is 10.7. The summed E-state index contributed by atoms with van der Waals surface area (Å²) in [6.07, 6.45) is 3.68. The van der Waals surface area contributed by atoms with Crippen LogP contribution in [-0.2, 0) is 4.74 Å². The summed E-state index contributed by atoms with van der Waals surface area (Å²) in [5, 5.41) is 14.1. The zero-order valence-corrected chi connectivity index (χ0v) is 11.2. The van der Waals surface area contributed by atoms with Gasteiger partial charge in [-0.3, -0.25) is 10.1 Å². The van der Waals surface area contributed by atoms with Crippen LogP contribution in [0.1, 0.15) is 37.8 Å². The standard InChI is InChI=1S/C14H20N2O3/c1-11(15-8-7-14-6-3-9-19-14)12-4-2-5-13(10-12)16(17)18/h2,4-5,10-11,14-15H,3,6-9H2,1H3. The molecule has 1 aromatic rings. The monoisotopic (exact) mass is 264 g/mol. The van der Waals surface area contributed by atoms with Crippen molar-refractivity contribution in [2.45, 2.75) is 38.3 Å². The maximum Gasteiger partial charge on any atom is 0.269 e. The Morgan fingerprint density at radius 3 is 3.11 bits per heavy atom. The number of benzene rings is 1. The van der Waals surface area contributed by atoms with Crippen LogP contribution >= 0.6 is 0 Å². The molecule has 1 fully saturated rings. The van der Waals surface area contributed by atoms with Crippen molar-refractivity contribution in [3.8, 4) is 0 Å². The third kappa shape index (κ3) is 4.01. The molecule has 0 aliphatic carbocycles. The van der Waals surface area contributed by atoms with Crippen molar-refractivity contribution in [1.82, 2.24) is 5.32 Å². The van der Waals surface area contributed by atoms with Crippen LogP contribution in [-0.4, -0.2) is 24.2 Å². The van der Waals surface area contributed by atoms with E-state index in [4.69, 9.17) is 4.74 Å². The fourth-order valence-corrected chi connectivity index (χ4v) is 2.36. The summed E-state index contributed by atoms with van der Waals surface area (Å²) in [5.74, 6) is 0. The first-order chi connectivity index (χ1) is 9.16. The first-order valence-corrected chi connectivity index (χ1v) is 6.76. The van der Waals surface area contributed by atoms with Gasteiger partial charge < -0.3 is 10.1 Å². The molecule has 0 amide bonds. The van der Waals surface area contributed by atoms with Crippen molar-refractivity contribution in [1.29, 1.82) is 0 Å². The first kappa shape index (κ1) is 14.0. The molecule has 5 nitrogen and oxygen atoms in total. The molecule has 0 bridgehead atoms. The molecule has 1 saturated heterocycles. The van der Waals surface area contributed by atoms with Gasteiger partial charge in [0.25, 0.3) is 5.69 Å². The molecule has 1 aromatic carbocycles. The molecule has 19 heavy (non-hydrogen) atoms. The summed E-state index contributed by atoms with van der Waals surface area (Å²) in [4.78, 5) is 10.4. The van der Waals surface area contributed by atoms with Crippen LogP contribution in [0.4, 0.5) is 5.69 Å². The van der Waals surface area contributed by atoms with Crippen LogP contribution in [0.3, 0.4) is 0 Å². The van der Waals surface area contributed by atoms with E-state index in [2.05, 4.69) is 5.32 Å². The fraction of sp³-hybridized carbons (Fsp3) is 0.571. The highest BCUT2D eigenvalue weighted by Gasteiger charge is 2.16. The quantitative estimate of drug-likeness (QED) is 0.634. The zero-order valence-electron chi connectivity index (χ0n) is 11.2. The van der Waals surface area contributed by atoms with E-state index >= 15 is 0 Å². The number of non-ortho nitro benzene ring substituents is 1. The van der Waals surface area contributed by atoms with Crippen LogP contribution in [0.2, 0.25) is 0 Å². The maximum atomic E-state index is 10.7. The van der Waals surface area contributed by atoms with E-state index in [-0.39, 0.29) is 16.7 Å². The van der Waals surface area contributed by atoms with Gasteiger partial charge >= 0.3 is 0 Å². The van der Waals surface area contributed by atoms with Gasteiger partial charge in [-0.1, -0.05) is 12.1 Å². The zero-order chi connectivity index (χ0) is 13.7. The number of nitrogens with one attached hydrogen (secondary N) is 1. The second-order valence-electron chi connectivity index (χ2n) is 4.95. The van der Waals surface area contributed by atoms with Crippen molar-refractivity contribution >= 4 is 5.69 Å². The highest BCUT2D eigenvalue weighted by Crippen LogP contribution is 2.19. The Hall–Kier alpha value is -1.46. The topological polar surface area (TPSA) is 64.4 Å². The van der Waals surface area contributed by atoms with E-state index in [1.807, 2.05) is 13.0 Å². The predicted octanol–water partition coefficient (Wildman–Crippen LogP) is 2.81. The number of nitrogens with zero attached hydrogens (tertiary/aromatic N) is 1. The highest BCUT2D eigenvalue weighted by molar-refractivity contribution is 5.35. The van der Waals surface area contributed by atoms with Gasteiger partial charge in [0.2, 0.25) is 0 Å². The van der Waals surface area contributed by atoms with Crippen molar-refractivity contribution in [3.05, 3.63) is 39.9 Å². The molecule has 0 radical (unpaired) electrons. The van der Waals surface area contributed by atoms with Crippen molar-refractivity contribution in [3.63, 3.8) is 0 Å². The van der Waals surface area contributed by atoms with Gasteiger partial charge in [-0.25, -0.2) is 0 Å². The number of hydrogen-bond acceptors (Lipinski definition) is 4. The molecule has 1 aliphatic heterocycles. The fourth-order valence-electron chi connectivity index (χ4n) is 2.36. The van der Waals surface area contributed by atoms with E-state index < -0.39 is 0 Å². The third-order valence-electron chi connectivity index (χ3n) is 3.52. The second kappa shape index (κ2) is 6.63. The smallest absolute Gasteiger partial charge is 0.269 e. The van der Waals surface area contributed by atoms with Gasteiger partial charge in [0, 0.05) is 24.8 Å². The average Bonchev–Trinajstić information content (AvgIpc) is 2.92. The van der Waals surface area contributed by atoms with Gasteiger partial charge in [-0.15, -0.1) is 0 Å².